The second-order valence-corrected chi connectivity index (χ2v) is 6.86. The van der Waals surface area contributed by atoms with Gasteiger partial charge in [-0.25, -0.2) is 0 Å². The number of rotatable bonds is 1. The highest BCUT2D eigenvalue weighted by molar-refractivity contribution is 8.03. The zero-order valence-corrected chi connectivity index (χ0v) is 11.2. The van der Waals surface area contributed by atoms with Crippen LogP contribution in [0.3, 0.4) is 0 Å². The first-order chi connectivity index (χ1) is 7.09. The average molecular weight is 225 g/mol. The van der Waals surface area contributed by atoms with E-state index in [1.54, 1.807) is 5.03 Å². The molecule has 0 N–H and O–H groups in total. The number of hydrogen-bond acceptors (Lipinski definition) is 2. The Morgan fingerprint density at radius 1 is 1.40 bits per heavy atom. The second-order valence-electron chi connectivity index (χ2n) is 5.40. The molecular formula is C13H23NS. The molecule has 2 heteroatoms. The van der Waals surface area contributed by atoms with Crippen LogP contribution in [-0.2, 0) is 0 Å². The van der Waals surface area contributed by atoms with E-state index in [0.29, 0.717) is 0 Å². The molecule has 1 saturated heterocycles. The third kappa shape index (κ3) is 2.20. The van der Waals surface area contributed by atoms with Gasteiger partial charge in [-0.2, -0.15) is 0 Å². The molecule has 0 aromatic carbocycles. The van der Waals surface area contributed by atoms with Crippen molar-refractivity contribution < 1.29 is 0 Å². The summed E-state index contributed by atoms with van der Waals surface area (Å²) in [6, 6.07) is 0.760. The lowest BCUT2D eigenvalue weighted by atomic mass is 9.87. The lowest BCUT2D eigenvalue weighted by Crippen LogP contribution is -2.40. The van der Waals surface area contributed by atoms with E-state index < -0.39 is 0 Å². The average Bonchev–Trinajstić information content (AvgIpc) is 2.48. The molecule has 0 spiro atoms. The minimum Gasteiger partial charge on any atom is -0.363 e. The first-order valence-electron chi connectivity index (χ1n) is 6.23. The van der Waals surface area contributed by atoms with E-state index >= 15 is 0 Å². The van der Waals surface area contributed by atoms with Crippen molar-refractivity contribution in [3.63, 3.8) is 0 Å². The fraction of sp³-hybridized carbons (Fsp3) is 0.846. The molecular weight excluding hydrogens is 202 g/mol. The van der Waals surface area contributed by atoms with Crippen LogP contribution in [0.25, 0.3) is 0 Å². The van der Waals surface area contributed by atoms with Crippen LogP contribution in [0.4, 0.5) is 0 Å². The summed E-state index contributed by atoms with van der Waals surface area (Å²) in [7, 11) is 0. The summed E-state index contributed by atoms with van der Waals surface area (Å²) >= 11 is 2.09. The van der Waals surface area contributed by atoms with Crippen LogP contribution in [0.2, 0.25) is 0 Å². The Labute approximate surface area is 98.3 Å². The maximum absolute atomic E-state index is 2.67. The van der Waals surface area contributed by atoms with Gasteiger partial charge in [0.25, 0.3) is 0 Å². The van der Waals surface area contributed by atoms with Crippen molar-refractivity contribution in [2.24, 2.45) is 11.8 Å². The van der Waals surface area contributed by atoms with Crippen molar-refractivity contribution in [1.29, 1.82) is 0 Å². The smallest absolute Gasteiger partial charge is 0.0672 e. The summed E-state index contributed by atoms with van der Waals surface area (Å²) in [5.74, 6) is 1.60. The molecule has 2 rings (SSSR count). The number of nitrogens with zero attached hydrogens (tertiary/aromatic N) is 1. The molecule has 0 amide bonds. The van der Waals surface area contributed by atoms with Crippen LogP contribution in [0.5, 0.6) is 0 Å². The molecule has 86 valence electrons. The topological polar surface area (TPSA) is 3.24 Å². The van der Waals surface area contributed by atoms with E-state index in [1.807, 2.05) is 0 Å². The van der Waals surface area contributed by atoms with Crippen LogP contribution >= 0.6 is 11.8 Å². The van der Waals surface area contributed by atoms with E-state index in [-0.39, 0.29) is 0 Å². The molecule has 3 unspecified atom stereocenters. The molecule has 0 saturated carbocycles. The Bertz CT molecular complexity index is 259. The predicted molar refractivity (Wildman–Crippen MR) is 68.9 cm³/mol. The maximum Gasteiger partial charge on any atom is 0.0672 e. The Balaban J connectivity index is 2.24. The van der Waals surface area contributed by atoms with Gasteiger partial charge in [0.2, 0.25) is 0 Å². The van der Waals surface area contributed by atoms with Crippen LogP contribution in [0.15, 0.2) is 11.1 Å². The molecule has 0 aromatic rings. The van der Waals surface area contributed by atoms with E-state index in [0.717, 1.165) is 23.1 Å². The molecule has 15 heavy (non-hydrogen) atoms. The summed E-state index contributed by atoms with van der Waals surface area (Å²) < 4.78 is 0. The van der Waals surface area contributed by atoms with Crippen molar-refractivity contribution in [2.75, 3.05) is 6.54 Å². The van der Waals surface area contributed by atoms with E-state index in [1.165, 1.54) is 19.4 Å². The number of thioether (sulfide) groups is 1. The molecule has 2 aliphatic rings. The Kier molecular flexibility index (Phi) is 3.34. The second kappa shape index (κ2) is 4.40. The van der Waals surface area contributed by atoms with Gasteiger partial charge in [0, 0.05) is 17.8 Å². The SMILES string of the molecule is CC1CC(C)C(C(C)C)N2CCC=C2S1. The van der Waals surface area contributed by atoms with Crippen LogP contribution < -0.4 is 0 Å². The van der Waals surface area contributed by atoms with Gasteiger partial charge in [-0.1, -0.05) is 33.8 Å². The maximum atomic E-state index is 2.67. The molecule has 0 bridgehead atoms. The first-order valence-corrected chi connectivity index (χ1v) is 7.11. The van der Waals surface area contributed by atoms with Gasteiger partial charge in [-0.05, 0) is 24.7 Å². The van der Waals surface area contributed by atoms with Gasteiger partial charge in [-0.15, -0.1) is 11.8 Å². The van der Waals surface area contributed by atoms with Crippen LogP contribution in [0.1, 0.15) is 40.5 Å². The fourth-order valence-electron chi connectivity index (χ4n) is 3.21. The molecule has 3 atom stereocenters. The van der Waals surface area contributed by atoms with Crippen molar-refractivity contribution in [2.45, 2.75) is 51.8 Å². The summed E-state index contributed by atoms with van der Waals surface area (Å²) in [4.78, 5) is 2.67. The molecule has 1 nitrogen and oxygen atoms in total. The highest BCUT2D eigenvalue weighted by Gasteiger charge is 2.35. The minimum absolute atomic E-state index is 0.760. The predicted octanol–water partition coefficient (Wildman–Crippen LogP) is 3.72. The number of fused-ring (bicyclic) bond motifs is 1. The van der Waals surface area contributed by atoms with Gasteiger partial charge in [0.1, 0.15) is 0 Å². The highest BCUT2D eigenvalue weighted by Crippen LogP contribution is 2.41. The first kappa shape index (κ1) is 11.4. The Morgan fingerprint density at radius 2 is 2.13 bits per heavy atom. The third-order valence-electron chi connectivity index (χ3n) is 3.62. The molecule has 0 aliphatic carbocycles. The van der Waals surface area contributed by atoms with Crippen LogP contribution in [0, 0.1) is 11.8 Å². The molecule has 1 fully saturated rings. The quantitative estimate of drug-likeness (QED) is 0.669. The summed E-state index contributed by atoms with van der Waals surface area (Å²) in [5.41, 5.74) is 0. The Morgan fingerprint density at radius 3 is 2.80 bits per heavy atom. The standard InChI is InChI=1S/C13H23NS/c1-9(2)13-10(3)8-11(4)15-12-6-5-7-14(12)13/h6,9-11,13H,5,7-8H2,1-4H3. The van der Waals surface area contributed by atoms with Gasteiger partial charge in [-0.3, -0.25) is 0 Å². The summed E-state index contributed by atoms with van der Waals surface area (Å²) in [6.45, 7) is 10.8. The monoisotopic (exact) mass is 225 g/mol. The lowest BCUT2D eigenvalue weighted by Gasteiger charge is -2.36. The van der Waals surface area contributed by atoms with Gasteiger partial charge < -0.3 is 4.90 Å². The van der Waals surface area contributed by atoms with Gasteiger partial charge in [0.15, 0.2) is 0 Å². The van der Waals surface area contributed by atoms with Crippen molar-refractivity contribution in [1.82, 2.24) is 4.90 Å². The largest absolute Gasteiger partial charge is 0.363 e. The van der Waals surface area contributed by atoms with Gasteiger partial charge in [0.05, 0.1) is 5.03 Å². The zero-order chi connectivity index (χ0) is 11.0. The van der Waals surface area contributed by atoms with E-state index in [9.17, 15) is 0 Å². The van der Waals surface area contributed by atoms with E-state index in [4.69, 9.17) is 0 Å². The molecule has 2 heterocycles. The fourth-order valence-corrected chi connectivity index (χ4v) is 4.58. The summed E-state index contributed by atoms with van der Waals surface area (Å²) in [6.07, 6.45) is 5.06. The highest BCUT2D eigenvalue weighted by atomic mass is 32.2. The molecule has 0 radical (unpaired) electrons. The third-order valence-corrected chi connectivity index (χ3v) is 4.86. The molecule has 2 aliphatic heterocycles. The van der Waals surface area contributed by atoms with Crippen molar-refractivity contribution in [3.8, 4) is 0 Å². The van der Waals surface area contributed by atoms with Crippen molar-refractivity contribution >= 4 is 11.8 Å². The summed E-state index contributed by atoms with van der Waals surface area (Å²) in [5, 5.41) is 2.35. The zero-order valence-electron chi connectivity index (χ0n) is 10.4. The normalized spacial score (nSPS) is 36.5. The Hall–Kier alpha value is -0.110. The van der Waals surface area contributed by atoms with E-state index in [2.05, 4.69) is 50.4 Å². The molecule has 0 aromatic heterocycles. The van der Waals surface area contributed by atoms with Crippen molar-refractivity contribution in [3.05, 3.63) is 11.1 Å². The lowest BCUT2D eigenvalue weighted by molar-refractivity contribution is 0.165. The van der Waals surface area contributed by atoms with Gasteiger partial charge >= 0.3 is 0 Å². The minimum atomic E-state index is 0.760. The number of hydrogen-bond donors (Lipinski definition) is 0. The van der Waals surface area contributed by atoms with Crippen LogP contribution in [-0.4, -0.2) is 22.7 Å².